The van der Waals surface area contributed by atoms with Crippen LogP contribution in [0.5, 0.6) is 0 Å². The Hall–Kier alpha value is -0.770. The van der Waals surface area contributed by atoms with Gasteiger partial charge in [0.1, 0.15) is 0 Å². The largest absolute Gasteiger partial charge is 0.396 e. The highest BCUT2D eigenvalue weighted by Gasteiger charge is 2.38. The van der Waals surface area contributed by atoms with Gasteiger partial charge in [-0.25, -0.2) is 0 Å². The van der Waals surface area contributed by atoms with Crippen LogP contribution in [0.25, 0.3) is 0 Å². The van der Waals surface area contributed by atoms with Gasteiger partial charge in [-0.05, 0) is 31.5 Å². The summed E-state index contributed by atoms with van der Waals surface area (Å²) in [4.78, 5) is 7.00. The fourth-order valence-corrected chi connectivity index (χ4v) is 3.35. The van der Waals surface area contributed by atoms with Gasteiger partial charge in [-0.3, -0.25) is 4.99 Å². The molecule has 2 aliphatic rings. The lowest BCUT2D eigenvalue weighted by Crippen LogP contribution is -2.50. The number of nitrogens with one attached hydrogen (secondary N) is 2. The fraction of sp³-hybridized carbons (Fsp3) is 0.611. The Morgan fingerprint density at radius 1 is 1.46 bits per heavy atom. The lowest BCUT2D eigenvalue weighted by molar-refractivity contribution is -0.130. The van der Waals surface area contributed by atoms with Crippen molar-refractivity contribution in [1.29, 1.82) is 0 Å². The van der Waals surface area contributed by atoms with Gasteiger partial charge in [0.05, 0.1) is 31.8 Å². The number of anilines is 1. The first-order chi connectivity index (χ1) is 12.1. The minimum atomic E-state index is -0.204. The predicted octanol–water partition coefficient (Wildman–Crippen LogP) is 2.10. The molecule has 0 aliphatic carbocycles. The Labute approximate surface area is 177 Å². The quantitative estimate of drug-likeness (QED) is 0.321. The Balaban J connectivity index is 0.00000243. The van der Waals surface area contributed by atoms with Crippen LogP contribution in [0.3, 0.4) is 0 Å². The normalized spacial score (nSPS) is 21.7. The number of aliphatic imine (C=N–C) groups is 1. The van der Waals surface area contributed by atoms with Crippen LogP contribution >= 0.6 is 35.6 Å². The fourth-order valence-electron chi connectivity index (χ4n) is 3.17. The Bertz CT molecular complexity index is 607. The number of aliphatic hydroxyl groups is 1. The van der Waals surface area contributed by atoms with Crippen LogP contribution in [0.15, 0.2) is 29.3 Å². The van der Waals surface area contributed by atoms with Crippen molar-refractivity contribution in [1.82, 2.24) is 10.6 Å². The Morgan fingerprint density at radius 2 is 2.27 bits per heavy atom. The third-order valence-electron chi connectivity index (χ3n) is 4.77. The summed E-state index contributed by atoms with van der Waals surface area (Å²) in [6, 6.07) is 8.31. The van der Waals surface area contributed by atoms with Gasteiger partial charge >= 0.3 is 0 Å². The summed E-state index contributed by atoms with van der Waals surface area (Å²) in [7, 11) is 0. The summed E-state index contributed by atoms with van der Waals surface area (Å²) < 4.78 is 5.24. The van der Waals surface area contributed by atoms with Gasteiger partial charge in [-0.1, -0.05) is 17.7 Å². The van der Waals surface area contributed by atoms with Gasteiger partial charge in [0, 0.05) is 36.4 Å². The molecule has 0 radical (unpaired) electrons. The molecular weight excluding hydrogens is 467 g/mol. The number of hydrogen-bond acceptors (Lipinski definition) is 4. The highest BCUT2D eigenvalue weighted by molar-refractivity contribution is 14.0. The van der Waals surface area contributed by atoms with E-state index < -0.39 is 0 Å². The van der Waals surface area contributed by atoms with Crippen LogP contribution in [0.1, 0.15) is 13.3 Å². The molecule has 8 heteroatoms. The lowest BCUT2D eigenvalue weighted by atomic mass is 9.87. The summed E-state index contributed by atoms with van der Waals surface area (Å²) in [5, 5.41) is 17.1. The molecule has 146 valence electrons. The SMILES string of the molecule is CCNC(=NCC1(CO)COC1)NC1CCN(c2cccc(Cl)c2)C1.I. The third kappa shape index (κ3) is 5.37. The van der Waals surface area contributed by atoms with Crippen molar-refractivity contribution < 1.29 is 9.84 Å². The van der Waals surface area contributed by atoms with Crippen LogP contribution < -0.4 is 15.5 Å². The lowest BCUT2D eigenvalue weighted by Gasteiger charge is -2.38. The van der Waals surface area contributed by atoms with Gasteiger partial charge < -0.3 is 25.4 Å². The van der Waals surface area contributed by atoms with Gasteiger partial charge in [0.25, 0.3) is 0 Å². The Morgan fingerprint density at radius 3 is 2.88 bits per heavy atom. The zero-order valence-electron chi connectivity index (χ0n) is 15.1. The smallest absolute Gasteiger partial charge is 0.191 e. The van der Waals surface area contributed by atoms with E-state index >= 15 is 0 Å². The minimum Gasteiger partial charge on any atom is -0.396 e. The monoisotopic (exact) mass is 494 g/mol. The van der Waals surface area contributed by atoms with E-state index in [1.165, 1.54) is 0 Å². The van der Waals surface area contributed by atoms with Gasteiger partial charge in [-0.15, -0.1) is 24.0 Å². The average molecular weight is 495 g/mol. The highest BCUT2D eigenvalue weighted by Crippen LogP contribution is 2.27. The van der Waals surface area contributed by atoms with Crippen LogP contribution in [0.4, 0.5) is 5.69 Å². The molecule has 1 atom stereocenters. The Kier molecular flexibility index (Phi) is 8.25. The number of hydrogen-bond donors (Lipinski definition) is 3. The van der Waals surface area contributed by atoms with Crippen molar-refractivity contribution in [3.63, 3.8) is 0 Å². The molecule has 2 aliphatic heterocycles. The second-order valence-corrected chi connectivity index (χ2v) is 7.34. The first-order valence-electron chi connectivity index (χ1n) is 8.88. The number of halogens is 2. The van der Waals surface area contributed by atoms with Gasteiger partial charge in [0.15, 0.2) is 5.96 Å². The number of aliphatic hydroxyl groups excluding tert-OH is 1. The van der Waals surface area contributed by atoms with Crippen molar-refractivity contribution in [2.75, 3.05) is 50.9 Å². The number of guanidine groups is 1. The molecule has 0 spiro atoms. The topological polar surface area (TPSA) is 69.1 Å². The zero-order valence-corrected chi connectivity index (χ0v) is 18.2. The summed E-state index contributed by atoms with van der Waals surface area (Å²) in [6.07, 6.45) is 1.05. The molecule has 2 saturated heterocycles. The van der Waals surface area contributed by atoms with E-state index in [0.29, 0.717) is 25.8 Å². The second kappa shape index (κ2) is 9.96. The molecule has 26 heavy (non-hydrogen) atoms. The molecule has 0 bridgehead atoms. The predicted molar refractivity (Wildman–Crippen MR) is 117 cm³/mol. The summed E-state index contributed by atoms with van der Waals surface area (Å²) in [5.74, 6) is 0.806. The molecule has 2 heterocycles. The minimum absolute atomic E-state index is 0. The van der Waals surface area contributed by atoms with E-state index in [1.54, 1.807) is 0 Å². The van der Waals surface area contributed by atoms with E-state index in [2.05, 4.69) is 33.5 Å². The van der Waals surface area contributed by atoms with E-state index in [0.717, 1.165) is 42.7 Å². The standard InChI is InChI=1S/C18H27ClN4O2.HI/c1-2-20-17(21-10-18(11-24)12-25-13-18)22-15-6-7-23(9-15)16-5-3-4-14(19)8-16;/h3-5,8,15,24H,2,6-7,9-13H2,1H3,(H2,20,21,22);1H. The molecule has 1 aromatic rings. The molecule has 0 amide bonds. The highest BCUT2D eigenvalue weighted by atomic mass is 127. The van der Waals surface area contributed by atoms with E-state index in [1.807, 2.05) is 18.2 Å². The molecule has 3 N–H and O–H groups in total. The molecule has 1 unspecified atom stereocenters. The summed E-state index contributed by atoms with van der Waals surface area (Å²) in [6.45, 7) is 6.62. The maximum atomic E-state index is 9.54. The molecule has 6 nitrogen and oxygen atoms in total. The van der Waals surface area contributed by atoms with E-state index in [9.17, 15) is 5.11 Å². The van der Waals surface area contributed by atoms with Crippen LogP contribution in [0, 0.1) is 5.41 Å². The van der Waals surface area contributed by atoms with Gasteiger partial charge in [0.2, 0.25) is 0 Å². The van der Waals surface area contributed by atoms with Crippen molar-refractivity contribution in [2.45, 2.75) is 19.4 Å². The molecule has 3 rings (SSSR count). The number of ether oxygens (including phenoxy) is 1. The number of benzene rings is 1. The molecular formula is C18H28ClIN4O2. The molecule has 1 aromatic carbocycles. The van der Waals surface area contributed by atoms with E-state index in [-0.39, 0.29) is 36.0 Å². The van der Waals surface area contributed by atoms with Crippen molar-refractivity contribution in [2.24, 2.45) is 10.4 Å². The number of rotatable bonds is 6. The van der Waals surface area contributed by atoms with Crippen LogP contribution in [0.2, 0.25) is 5.02 Å². The first-order valence-corrected chi connectivity index (χ1v) is 9.26. The molecule has 0 aromatic heterocycles. The molecule has 0 saturated carbocycles. The summed E-state index contributed by atoms with van der Waals surface area (Å²) >= 11 is 6.10. The third-order valence-corrected chi connectivity index (χ3v) is 5.01. The van der Waals surface area contributed by atoms with Crippen molar-refractivity contribution in [3.05, 3.63) is 29.3 Å². The maximum absolute atomic E-state index is 9.54. The van der Waals surface area contributed by atoms with Crippen LogP contribution in [-0.4, -0.2) is 63.1 Å². The number of nitrogens with zero attached hydrogens (tertiary/aromatic N) is 2. The summed E-state index contributed by atoms with van der Waals surface area (Å²) in [5.41, 5.74) is 0.954. The molecule has 2 fully saturated rings. The average Bonchev–Trinajstić information content (AvgIpc) is 3.03. The maximum Gasteiger partial charge on any atom is 0.191 e. The van der Waals surface area contributed by atoms with E-state index in [4.69, 9.17) is 16.3 Å². The zero-order chi connectivity index (χ0) is 17.7. The van der Waals surface area contributed by atoms with Gasteiger partial charge in [-0.2, -0.15) is 0 Å². The van der Waals surface area contributed by atoms with Crippen molar-refractivity contribution >= 4 is 47.2 Å². The van der Waals surface area contributed by atoms with Crippen LogP contribution in [-0.2, 0) is 4.74 Å². The first kappa shape index (κ1) is 21.5. The van der Waals surface area contributed by atoms with Crippen molar-refractivity contribution in [3.8, 4) is 0 Å². The second-order valence-electron chi connectivity index (χ2n) is 6.90.